The minimum atomic E-state index is -0.702. The average molecular weight is 762 g/mol. The maximum atomic E-state index is 14.7. The van der Waals surface area contributed by atoms with Gasteiger partial charge in [-0.05, 0) is 116 Å². The van der Waals surface area contributed by atoms with Crippen LogP contribution in [0.5, 0.6) is 0 Å². The third-order valence-electron chi connectivity index (χ3n) is 17.5. The normalized spacial score (nSPS) is 43.4. The average Bonchev–Trinajstić information content (AvgIpc) is 3.80. The summed E-state index contributed by atoms with van der Waals surface area (Å²) in [5, 5.41) is 30.0. The van der Waals surface area contributed by atoms with Crippen LogP contribution in [0.15, 0.2) is 33.6 Å². The van der Waals surface area contributed by atoms with Crippen molar-refractivity contribution in [2.24, 2.45) is 56.7 Å². The van der Waals surface area contributed by atoms with Crippen LogP contribution < -0.4 is 11.2 Å². The predicted molar refractivity (Wildman–Crippen MR) is 206 cm³/mol. The first-order chi connectivity index (χ1) is 25.9. The molecule has 3 N–H and O–H groups in total. The number of aliphatic hydroxyl groups excluding tert-OH is 2. The third-order valence-corrected chi connectivity index (χ3v) is 17.5. The maximum Gasteiger partial charge on any atom is 0.330 e. The summed E-state index contributed by atoms with van der Waals surface area (Å²) in [6.07, 6.45) is 13.4. The van der Waals surface area contributed by atoms with Crippen molar-refractivity contribution in [2.45, 2.75) is 151 Å². The van der Waals surface area contributed by atoms with Crippen molar-refractivity contribution in [3.05, 3.63) is 56.1 Å². The van der Waals surface area contributed by atoms with Crippen LogP contribution >= 0.6 is 0 Å². The number of aliphatic hydroxyl groups is 2. The minimum absolute atomic E-state index is 0.00586. The van der Waals surface area contributed by atoms with Crippen LogP contribution in [0, 0.1) is 63.6 Å². The van der Waals surface area contributed by atoms with Crippen molar-refractivity contribution in [3.63, 3.8) is 0 Å². The van der Waals surface area contributed by atoms with Gasteiger partial charge in [0.05, 0.1) is 30.4 Å². The second kappa shape index (κ2) is 13.2. The largest absolute Gasteiger partial charge is 0.459 e. The molecule has 0 bridgehead atoms. The van der Waals surface area contributed by atoms with Gasteiger partial charge in [-0.15, -0.1) is 5.10 Å². The molecule has 5 aliphatic carbocycles. The standard InChI is InChI=1S/C43H63N5O7/c1-24-11-16-43(37(52)54-23-27-21-48(46-45-27)29-19-34(55-30(29)22-49)47-20-25(2)36(51)44-38(47)53)18-17-41(7)28(35(43)26(24)3)9-10-32-40(6)14-13-33(50)39(4,5)31(40)12-15-42(32,41)8/h9,20-21,24,26,29-35,49-50H,10-19,22-23H2,1-8H3,(H,44,51,53)/t24-,26+,29+,30-,31+,32-,33+,34-,35+,40+,41-,42-,43+/m1/s1. The first-order valence-electron chi connectivity index (χ1n) is 21.0. The quantitative estimate of drug-likeness (QED) is 0.236. The van der Waals surface area contributed by atoms with Crippen LogP contribution in [0.25, 0.3) is 0 Å². The molecule has 12 nitrogen and oxygen atoms in total. The molecule has 1 saturated heterocycles. The molecule has 6 aliphatic rings. The number of allylic oxidation sites excluding steroid dienone is 2. The van der Waals surface area contributed by atoms with Gasteiger partial charge in [0.25, 0.3) is 5.56 Å². The molecule has 0 radical (unpaired) electrons. The zero-order valence-corrected chi connectivity index (χ0v) is 34.1. The molecule has 0 amide bonds. The number of aromatic amines is 1. The van der Waals surface area contributed by atoms with E-state index in [1.54, 1.807) is 17.8 Å². The molecular weight excluding hydrogens is 699 g/mol. The molecule has 4 saturated carbocycles. The SMILES string of the molecule is Cc1cn([C@H]2C[C@H](n3cc(COC(=O)[C@]45CC[C@@H](C)[C@H](C)[C@H]4C4=CC[C@@H]6[C@@]7(C)CC[C@H](O)C(C)(C)[C@@H]7CC[C@@]6(C)[C@]4(C)CC5)nn3)[C@@H](CO)O2)c(=O)[nH]c1=O. The molecule has 1 aliphatic heterocycles. The Bertz CT molecular complexity index is 1980. The summed E-state index contributed by atoms with van der Waals surface area (Å²) in [6, 6.07) is -0.420. The van der Waals surface area contributed by atoms with E-state index in [-0.39, 0.29) is 52.9 Å². The number of fused-ring (bicyclic) bond motifs is 7. The van der Waals surface area contributed by atoms with Crippen LogP contribution in [0.2, 0.25) is 0 Å². The van der Waals surface area contributed by atoms with Crippen molar-refractivity contribution in [1.82, 2.24) is 24.5 Å². The summed E-state index contributed by atoms with van der Waals surface area (Å²) in [6.45, 7) is 18.3. The lowest BCUT2D eigenvalue weighted by Gasteiger charge is -2.71. The lowest BCUT2D eigenvalue weighted by molar-refractivity contribution is -0.207. The number of hydrogen-bond acceptors (Lipinski definition) is 9. The molecule has 2 aromatic rings. The van der Waals surface area contributed by atoms with Gasteiger partial charge in [-0.2, -0.15) is 0 Å². The predicted octanol–water partition coefficient (Wildman–Crippen LogP) is 6.02. The molecule has 12 heteroatoms. The van der Waals surface area contributed by atoms with Gasteiger partial charge >= 0.3 is 11.7 Å². The molecule has 3 heterocycles. The molecule has 13 atom stereocenters. The van der Waals surface area contributed by atoms with E-state index in [9.17, 15) is 24.6 Å². The lowest BCUT2D eigenvalue weighted by atomic mass is 9.33. The second-order valence-electron chi connectivity index (χ2n) is 20.0. The van der Waals surface area contributed by atoms with Gasteiger partial charge < -0.3 is 19.7 Å². The van der Waals surface area contributed by atoms with Crippen molar-refractivity contribution < 1.29 is 24.5 Å². The fraction of sp³-hybridized carbons (Fsp3) is 0.791. The van der Waals surface area contributed by atoms with Gasteiger partial charge in [-0.3, -0.25) is 19.1 Å². The third kappa shape index (κ3) is 5.57. The van der Waals surface area contributed by atoms with Gasteiger partial charge in [-0.25, -0.2) is 9.48 Å². The highest BCUT2D eigenvalue weighted by molar-refractivity contribution is 5.79. The second-order valence-corrected chi connectivity index (χ2v) is 20.0. The van der Waals surface area contributed by atoms with Gasteiger partial charge in [-0.1, -0.05) is 65.3 Å². The molecule has 2 aromatic heterocycles. The van der Waals surface area contributed by atoms with Gasteiger partial charge in [0.15, 0.2) is 0 Å². The number of carbonyl (C=O) groups excluding carboxylic acids is 1. The molecule has 0 aromatic carbocycles. The highest BCUT2D eigenvalue weighted by atomic mass is 16.5. The fourth-order valence-electron chi connectivity index (χ4n) is 13.8. The summed E-state index contributed by atoms with van der Waals surface area (Å²) in [5.74, 6) is 1.85. The van der Waals surface area contributed by atoms with Crippen molar-refractivity contribution in [3.8, 4) is 0 Å². The monoisotopic (exact) mass is 761 g/mol. The first kappa shape index (κ1) is 38.8. The number of nitrogens with zero attached hydrogens (tertiary/aromatic N) is 4. The van der Waals surface area contributed by atoms with Crippen LogP contribution in [0.1, 0.15) is 136 Å². The molecule has 302 valence electrons. The highest BCUT2D eigenvalue weighted by Crippen LogP contribution is 2.75. The molecule has 5 fully saturated rings. The van der Waals surface area contributed by atoms with E-state index in [4.69, 9.17) is 9.47 Å². The van der Waals surface area contributed by atoms with E-state index in [2.05, 4.69) is 69.8 Å². The lowest BCUT2D eigenvalue weighted by Crippen LogP contribution is -2.65. The molecule has 0 spiro atoms. The van der Waals surface area contributed by atoms with E-state index in [0.29, 0.717) is 41.3 Å². The van der Waals surface area contributed by atoms with Crippen LogP contribution in [0.4, 0.5) is 0 Å². The Morgan fingerprint density at radius 1 is 1.02 bits per heavy atom. The number of aromatic nitrogens is 5. The number of H-pyrrole nitrogens is 1. The first-order valence-corrected chi connectivity index (χ1v) is 21.0. The van der Waals surface area contributed by atoms with E-state index in [0.717, 1.165) is 57.8 Å². The Labute approximate surface area is 324 Å². The Kier molecular flexibility index (Phi) is 9.32. The van der Waals surface area contributed by atoms with E-state index >= 15 is 0 Å². The van der Waals surface area contributed by atoms with Gasteiger partial charge in [0.2, 0.25) is 0 Å². The Hall–Kier alpha value is -3.09. The highest BCUT2D eigenvalue weighted by Gasteiger charge is 2.69. The number of aryl methyl sites for hydroxylation is 1. The zero-order chi connectivity index (χ0) is 39.5. The van der Waals surface area contributed by atoms with Gasteiger partial charge in [0.1, 0.15) is 24.6 Å². The molecular formula is C43H63N5O7. The Balaban J connectivity index is 1.03. The number of rotatable bonds is 6. The molecule has 55 heavy (non-hydrogen) atoms. The van der Waals surface area contributed by atoms with Crippen molar-refractivity contribution in [2.75, 3.05) is 6.61 Å². The minimum Gasteiger partial charge on any atom is -0.459 e. The Morgan fingerprint density at radius 2 is 1.78 bits per heavy atom. The number of hydrogen-bond donors (Lipinski definition) is 3. The summed E-state index contributed by atoms with van der Waals surface area (Å²) in [7, 11) is 0. The topological polar surface area (TPSA) is 162 Å². The summed E-state index contributed by atoms with van der Waals surface area (Å²) >= 11 is 0. The number of nitrogens with one attached hydrogen (secondary N) is 1. The summed E-state index contributed by atoms with van der Waals surface area (Å²) in [4.78, 5) is 41.5. The number of carbonyl (C=O) groups is 1. The van der Waals surface area contributed by atoms with E-state index < -0.39 is 35.0 Å². The maximum absolute atomic E-state index is 14.7. The van der Waals surface area contributed by atoms with Crippen LogP contribution in [-0.2, 0) is 20.9 Å². The molecule has 0 unspecified atom stereocenters. The number of ether oxygens (including phenoxy) is 2. The fourth-order valence-corrected chi connectivity index (χ4v) is 13.8. The Morgan fingerprint density at radius 3 is 2.53 bits per heavy atom. The van der Waals surface area contributed by atoms with Crippen LogP contribution in [0.3, 0.4) is 0 Å². The smallest absolute Gasteiger partial charge is 0.330 e. The van der Waals surface area contributed by atoms with Crippen molar-refractivity contribution >= 4 is 5.97 Å². The van der Waals surface area contributed by atoms with Crippen molar-refractivity contribution in [1.29, 1.82) is 0 Å². The van der Waals surface area contributed by atoms with Crippen LogP contribution in [-0.4, -0.2) is 59.5 Å². The number of esters is 1. The van der Waals surface area contributed by atoms with Gasteiger partial charge in [0, 0.05) is 18.2 Å². The zero-order valence-electron chi connectivity index (χ0n) is 34.1. The van der Waals surface area contributed by atoms with E-state index in [1.165, 1.54) is 16.3 Å². The molecule has 8 rings (SSSR count). The van der Waals surface area contributed by atoms with E-state index in [1.807, 2.05) is 0 Å². The summed E-state index contributed by atoms with van der Waals surface area (Å²) < 4.78 is 15.3. The summed E-state index contributed by atoms with van der Waals surface area (Å²) in [5.41, 5.74) is 0.929.